The third-order valence-electron chi connectivity index (χ3n) is 2.47. The molecule has 2 aromatic rings. The van der Waals surface area contributed by atoms with Gasteiger partial charge in [-0.25, -0.2) is 4.98 Å². The average Bonchev–Trinajstić information content (AvgIpc) is 2.76. The maximum atomic E-state index is 11.0. The molecule has 6 heteroatoms. The predicted octanol–water partition coefficient (Wildman–Crippen LogP) is 2.82. The highest BCUT2D eigenvalue weighted by Gasteiger charge is 2.05. The van der Waals surface area contributed by atoms with Crippen molar-refractivity contribution >= 4 is 34.5 Å². The second-order valence-electron chi connectivity index (χ2n) is 3.84. The molecule has 0 atom stereocenters. The number of halogens is 1. The van der Waals surface area contributed by atoms with Gasteiger partial charge in [0.25, 0.3) is 0 Å². The standard InChI is InChI=1S/C12H12ClN3OS/c1-7-2-11(13)16-5-10(7)15-4-9-3-8(6-18-9)12(14)17/h2-3,5-6,15H,4H2,1H3,(H2,14,17). The van der Waals surface area contributed by atoms with E-state index < -0.39 is 5.91 Å². The lowest BCUT2D eigenvalue weighted by atomic mass is 10.2. The molecule has 2 aromatic heterocycles. The Labute approximate surface area is 114 Å². The molecule has 0 aliphatic carbocycles. The molecular formula is C12H12ClN3OS. The number of thiophene rings is 1. The molecule has 2 rings (SSSR count). The summed E-state index contributed by atoms with van der Waals surface area (Å²) in [6, 6.07) is 3.59. The van der Waals surface area contributed by atoms with Gasteiger partial charge in [-0.3, -0.25) is 4.79 Å². The number of hydrogen-bond acceptors (Lipinski definition) is 4. The molecule has 0 bridgehead atoms. The molecule has 0 aromatic carbocycles. The Kier molecular flexibility index (Phi) is 3.84. The monoisotopic (exact) mass is 281 g/mol. The first kappa shape index (κ1) is 12.9. The van der Waals surface area contributed by atoms with Crippen molar-refractivity contribution in [2.24, 2.45) is 5.73 Å². The normalized spacial score (nSPS) is 10.3. The SMILES string of the molecule is Cc1cc(Cl)ncc1NCc1cc(C(N)=O)cs1. The van der Waals surface area contributed by atoms with E-state index in [0.717, 1.165) is 16.1 Å². The van der Waals surface area contributed by atoms with Crippen molar-refractivity contribution in [3.63, 3.8) is 0 Å². The second-order valence-corrected chi connectivity index (χ2v) is 5.22. The van der Waals surface area contributed by atoms with Crippen molar-refractivity contribution in [2.75, 3.05) is 5.32 Å². The van der Waals surface area contributed by atoms with Gasteiger partial charge in [-0.05, 0) is 24.6 Å². The topological polar surface area (TPSA) is 68.0 Å². The fourth-order valence-electron chi connectivity index (χ4n) is 1.49. The van der Waals surface area contributed by atoms with Crippen LogP contribution in [0.5, 0.6) is 0 Å². The molecule has 1 amide bonds. The molecule has 0 saturated heterocycles. The van der Waals surface area contributed by atoms with Gasteiger partial charge in [0.1, 0.15) is 5.15 Å². The van der Waals surface area contributed by atoms with Crippen molar-refractivity contribution in [2.45, 2.75) is 13.5 Å². The van der Waals surface area contributed by atoms with E-state index in [0.29, 0.717) is 17.3 Å². The number of nitrogens with one attached hydrogen (secondary N) is 1. The molecule has 0 aliphatic rings. The molecular weight excluding hydrogens is 270 g/mol. The van der Waals surface area contributed by atoms with Crippen molar-refractivity contribution in [1.82, 2.24) is 4.98 Å². The predicted molar refractivity (Wildman–Crippen MR) is 74.1 cm³/mol. The molecule has 2 heterocycles. The van der Waals surface area contributed by atoms with Crippen LogP contribution >= 0.6 is 22.9 Å². The summed E-state index contributed by atoms with van der Waals surface area (Å²) in [5, 5.41) is 5.48. The van der Waals surface area contributed by atoms with Gasteiger partial charge in [-0.1, -0.05) is 11.6 Å². The first-order valence-electron chi connectivity index (χ1n) is 5.29. The van der Waals surface area contributed by atoms with Gasteiger partial charge in [-0.15, -0.1) is 11.3 Å². The molecule has 0 saturated carbocycles. The van der Waals surface area contributed by atoms with Crippen LogP contribution in [-0.4, -0.2) is 10.9 Å². The summed E-state index contributed by atoms with van der Waals surface area (Å²) >= 11 is 7.28. The van der Waals surface area contributed by atoms with E-state index in [2.05, 4.69) is 10.3 Å². The second kappa shape index (κ2) is 5.37. The minimum Gasteiger partial charge on any atom is -0.379 e. The van der Waals surface area contributed by atoms with Gasteiger partial charge >= 0.3 is 0 Å². The van der Waals surface area contributed by atoms with Gasteiger partial charge in [0.15, 0.2) is 0 Å². The van der Waals surface area contributed by atoms with Gasteiger partial charge in [-0.2, -0.15) is 0 Å². The number of carbonyl (C=O) groups is 1. The summed E-state index contributed by atoms with van der Waals surface area (Å²) in [7, 11) is 0. The number of aryl methyl sites for hydroxylation is 1. The van der Waals surface area contributed by atoms with Crippen LogP contribution < -0.4 is 11.1 Å². The van der Waals surface area contributed by atoms with Crippen molar-refractivity contribution in [3.05, 3.63) is 44.9 Å². The number of pyridine rings is 1. The Bertz CT molecular complexity index is 582. The third-order valence-corrected chi connectivity index (χ3v) is 3.61. The lowest BCUT2D eigenvalue weighted by molar-refractivity contribution is 0.100. The van der Waals surface area contributed by atoms with Crippen LogP contribution in [0.1, 0.15) is 20.8 Å². The van der Waals surface area contributed by atoms with E-state index >= 15 is 0 Å². The highest BCUT2D eigenvalue weighted by atomic mass is 35.5. The van der Waals surface area contributed by atoms with E-state index in [1.165, 1.54) is 11.3 Å². The molecule has 3 N–H and O–H groups in total. The van der Waals surface area contributed by atoms with Crippen molar-refractivity contribution in [3.8, 4) is 0 Å². The smallest absolute Gasteiger partial charge is 0.249 e. The van der Waals surface area contributed by atoms with Gasteiger partial charge in [0.2, 0.25) is 5.91 Å². The molecule has 18 heavy (non-hydrogen) atoms. The number of aromatic nitrogens is 1. The summed E-state index contributed by atoms with van der Waals surface area (Å²) in [6.07, 6.45) is 1.69. The number of nitrogens with two attached hydrogens (primary N) is 1. The number of amides is 1. The average molecular weight is 282 g/mol. The first-order chi connectivity index (χ1) is 8.56. The lowest BCUT2D eigenvalue weighted by Gasteiger charge is -2.07. The zero-order valence-electron chi connectivity index (χ0n) is 9.74. The van der Waals surface area contributed by atoms with E-state index in [1.807, 2.05) is 6.92 Å². The van der Waals surface area contributed by atoms with Crippen molar-refractivity contribution < 1.29 is 4.79 Å². The largest absolute Gasteiger partial charge is 0.379 e. The number of nitrogens with zero attached hydrogens (tertiary/aromatic N) is 1. The molecule has 0 aliphatic heterocycles. The van der Waals surface area contributed by atoms with E-state index in [1.54, 1.807) is 23.7 Å². The zero-order chi connectivity index (χ0) is 13.1. The molecule has 0 radical (unpaired) electrons. The maximum absolute atomic E-state index is 11.0. The number of carbonyl (C=O) groups excluding carboxylic acids is 1. The van der Waals surface area contributed by atoms with Crippen LogP contribution in [0.15, 0.2) is 23.7 Å². The first-order valence-corrected chi connectivity index (χ1v) is 6.55. The molecule has 0 fully saturated rings. The summed E-state index contributed by atoms with van der Waals surface area (Å²) in [5.74, 6) is -0.401. The number of rotatable bonds is 4. The fraction of sp³-hybridized carbons (Fsp3) is 0.167. The minimum absolute atomic E-state index is 0.401. The summed E-state index contributed by atoms with van der Waals surface area (Å²) < 4.78 is 0. The Hall–Kier alpha value is -1.59. The molecule has 4 nitrogen and oxygen atoms in total. The van der Waals surface area contributed by atoms with E-state index in [4.69, 9.17) is 17.3 Å². The summed E-state index contributed by atoms with van der Waals surface area (Å²) in [4.78, 5) is 16.0. The van der Waals surface area contributed by atoms with E-state index in [-0.39, 0.29) is 0 Å². The van der Waals surface area contributed by atoms with Crippen molar-refractivity contribution in [1.29, 1.82) is 0 Å². The Morgan fingerprint density at radius 2 is 2.33 bits per heavy atom. The summed E-state index contributed by atoms with van der Waals surface area (Å²) in [5.41, 5.74) is 7.70. The van der Waals surface area contributed by atoms with Crippen LogP contribution in [0.4, 0.5) is 5.69 Å². The van der Waals surface area contributed by atoms with Gasteiger partial charge in [0.05, 0.1) is 17.4 Å². The molecule has 0 unspecified atom stereocenters. The molecule has 94 valence electrons. The number of anilines is 1. The van der Waals surface area contributed by atoms with Crippen LogP contribution in [0.25, 0.3) is 0 Å². The Morgan fingerprint density at radius 3 is 2.94 bits per heavy atom. The maximum Gasteiger partial charge on any atom is 0.249 e. The van der Waals surface area contributed by atoms with Crippen LogP contribution in [0, 0.1) is 6.92 Å². The van der Waals surface area contributed by atoms with Gasteiger partial charge in [0, 0.05) is 16.8 Å². The quantitative estimate of drug-likeness (QED) is 0.847. The zero-order valence-corrected chi connectivity index (χ0v) is 11.3. The van der Waals surface area contributed by atoms with E-state index in [9.17, 15) is 4.79 Å². The Balaban J connectivity index is 2.04. The highest BCUT2D eigenvalue weighted by Crippen LogP contribution is 2.20. The summed E-state index contributed by atoms with van der Waals surface area (Å²) in [6.45, 7) is 2.58. The fourth-order valence-corrected chi connectivity index (χ4v) is 2.52. The number of primary amides is 1. The molecule has 0 spiro atoms. The van der Waals surface area contributed by atoms with Crippen LogP contribution in [0.2, 0.25) is 5.15 Å². The Morgan fingerprint density at radius 1 is 1.56 bits per heavy atom. The van der Waals surface area contributed by atoms with Crippen LogP contribution in [-0.2, 0) is 6.54 Å². The third kappa shape index (κ3) is 3.00. The lowest BCUT2D eigenvalue weighted by Crippen LogP contribution is -2.09. The number of hydrogen-bond donors (Lipinski definition) is 2. The highest BCUT2D eigenvalue weighted by molar-refractivity contribution is 7.10. The van der Waals surface area contributed by atoms with Crippen LogP contribution in [0.3, 0.4) is 0 Å². The minimum atomic E-state index is -0.401. The van der Waals surface area contributed by atoms with Gasteiger partial charge < -0.3 is 11.1 Å².